The molecular weight excluding hydrogens is 285 g/mol. The molecule has 0 radical (unpaired) electrons. The molecule has 0 aromatic carbocycles. The van der Waals surface area contributed by atoms with E-state index in [1.807, 2.05) is 0 Å². The molecule has 1 aromatic heterocycles. The molecule has 0 aliphatic heterocycles. The van der Waals surface area contributed by atoms with Gasteiger partial charge in [-0.05, 0) is 30.7 Å². The lowest BCUT2D eigenvalue weighted by atomic mass is 10.0. The third kappa shape index (κ3) is 2.64. The molecule has 0 bridgehead atoms. The van der Waals surface area contributed by atoms with E-state index < -0.39 is 11.9 Å². The largest absolute Gasteiger partial charge is 0.435 e. The van der Waals surface area contributed by atoms with Crippen LogP contribution in [0.3, 0.4) is 0 Å². The van der Waals surface area contributed by atoms with Crippen molar-refractivity contribution < 1.29 is 18.0 Å². The number of carbonyl (C=O) groups excluding carboxylic acids is 1. The zero-order chi connectivity index (χ0) is 15.4. The fraction of sp³-hybridized carbons (Fsp3) is 0.692. The molecule has 4 atom stereocenters. The van der Waals surface area contributed by atoms with Gasteiger partial charge in [0.1, 0.15) is 0 Å². The van der Waals surface area contributed by atoms with Crippen LogP contribution in [0.25, 0.3) is 0 Å². The van der Waals surface area contributed by atoms with Crippen LogP contribution in [0, 0.1) is 17.8 Å². The molecule has 0 spiro atoms. The maximum Gasteiger partial charge on any atom is 0.435 e. The minimum absolute atomic E-state index is 0.0432. The second-order valence-electron chi connectivity index (χ2n) is 5.93. The molecular formula is C13H17F3N4O. The van der Waals surface area contributed by atoms with Gasteiger partial charge in [-0.25, -0.2) is 0 Å². The highest BCUT2D eigenvalue weighted by atomic mass is 19.4. The maximum absolute atomic E-state index is 12.5. The zero-order valence-electron chi connectivity index (χ0n) is 11.5. The molecule has 2 aliphatic rings. The predicted molar refractivity (Wildman–Crippen MR) is 67.7 cm³/mol. The van der Waals surface area contributed by atoms with Gasteiger partial charge in [-0.15, -0.1) is 0 Å². The van der Waals surface area contributed by atoms with Gasteiger partial charge in [-0.2, -0.15) is 18.3 Å². The van der Waals surface area contributed by atoms with Crippen molar-refractivity contribution in [2.45, 2.75) is 31.6 Å². The maximum atomic E-state index is 12.5. The highest BCUT2D eigenvalue weighted by Crippen LogP contribution is 2.54. The fourth-order valence-corrected chi connectivity index (χ4v) is 3.25. The summed E-state index contributed by atoms with van der Waals surface area (Å²) in [5, 5.41) is 6.11. The Bertz CT molecular complexity index is 568. The summed E-state index contributed by atoms with van der Waals surface area (Å²) < 4.78 is 38.8. The normalized spacial score (nSPS) is 31.1. The topological polar surface area (TPSA) is 72.9 Å². The summed E-state index contributed by atoms with van der Waals surface area (Å²) >= 11 is 0. The number of hydrogen-bond donors (Lipinski definition) is 2. The summed E-state index contributed by atoms with van der Waals surface area (Å²) in [7, 11) is 1.43. The number of alkyl halides is 3. The lowest BCUT2D eigenvalue weighted by Gasteiger charge is -2.13. The van der Waals surface area contributed by atoms with E-state index >= 15 is 0 Å². The predicted octanol–water partition coefficient (Wildman–Crippen LogP) is 1.04. The summed E-state index contributed by atoms with van der Waals surface area (Å²) in [4.78, 5) is 12.1. The Morgan fingerprint density at radius 1 is 1.48 bits per heavy atom. The molecule has 1 amide bonds. The molecule has 2 fully saturated rings. The number of amides is 1. The number of aromatic nitrogens is 2. The van der Waals surface area contributed by atoms with Crippen LogP contribution in [0.15, 0.2) is 6.07 Å². The number of halogens is 3. The summed E-state index contributed by atoms with van der Waals surface area (Å²) in [6.07, 6.45) is -2.82. The van der Waals surface area contributed by atoms with Gasteiger partial charge in [0.05, 0.1) is 12.2 Å². The van der Waals surface area contributed by atoms with E-state index in [0.717, 1.165) is 17.2 Å². The summed E-state index contributed by atoms with van der Waals surface area (Å²) in [6.45, 7) is 0.0432. The smallest absolute Gasteiger partial charge is 0.350 e. The van der Waals surface area contributed by atoms with Gasteiger partial charge in [0.15, 0.2) is 5.69 Å². The third-order valence-corrected chi connectivity index (χ3v) is 4.53. The van der Waals surface area contributed by atoms with Crippen molar-refractivity contribution in [1.82, 2.24) is 15.1 Å². The van der Waals surface area contributed by atoms with Crippen molar-refractivity contribution in [3.8, 4) is 0 Å². The number of nitrogens with one attached hydrogen (secondary N) is 1. The number of aryl methyl sites for hydroxylation is 1. The third-order valence-electron chi connectivity index (χ3n) is 4.53. The van der Waals surface area contributed by atoms with E-state index in [2.05, 4.69) is 10.4 Å². The Morgan fingerprint density at radius 2 is 2.19 bits per heavy atom. The number of nitrogens with two attached hydrogens (primary N) is 1. The summed E-state index contributed by atoms with van der Waals surface area (Å²) in [6, 6.07) is 1.04. The van der Waals surface area contributed by atoms with E-state index in [4.69, 9.17) is 5.73 Å². The average Bonchev–Trinajstić information content (AvgIpc) is 2.99. The first-order valence-corrected chi connectivity index (χ1v) is 6.90. The molecule has 3 rings (SSSR count). The molecule has 3 N–H and O–H groups in total. The van der Waals surface area contributed by atoms with Crippen LogP contribution in [0.1, 0.15) is 24.2 Å². The van der Waals surface area contributed by atoms with Crippen molar-refractivity contribution in [2.75, 3.05) is 0 Å². The average molecular weight is 302 g/mol. The van der Waals surface area contributed by atoms with E-state index in [1.165, 1.54) is 7.05 Å². The van der Waals surface area contributed by atoms with Crippen LogP contribution >= 0.6 is 0 Å². The molecule has 21 heavy (non-hydrogen) atoms. The fourth-order valence-electron chi connectivity index (χ4n) is 3.25. The van der Waals surface area contributed by atoms with Gasteiger partial charge in [0.25, 0.3) is 0 Å². The molecule has 8 heteroatoms. The van der Waals surface area contributed by atoms with Crippen LogP contribution in [0.4, 0.5) is 13.2 Å². The lowest BCUT2D eigenvalue weighted by molar-refractivity contribution is -0.141. The van der Waals surface area contributed by atoms with Gasteiger partial charge in [0, 0.05) is 19.0 Å². The van der Waals surface area contributed by atoms with Crippen LogP contribution < -0.4 is 11.1 Å². The highest BCUT2D eigenvalue weighted by molar-refractivity contribution is 5.80. The number of hydrogen-bond acceptors (Lipinski definition) is 3. The minimum Gasteiger partial charge on any atom is -0.350 e. The summed E-state index contributed by atoms with van der Waals surface area (Å²) in [5.41, 5.74) is 5.29. The molecule has 1 heterocycles. The van der Waals surface area contributed by atoms with Gasteiger partial charge in [0.2, 0.25) is 5.91 Å². The van der Waals surface area contributed by atoms with E-state index in [-0.39, 0.29) is 24.4 Å². The first kappa shape index (κ1) is 14.4. The number of nitrogens with zero attached hydrogens (tertiary/aromatic N) is 2. The minimum atomic E-state index is -4.47. The van der Waals surface area contributed by atoms with Crippen molar-refractivity contribution in [2.24, 2.45) is 30.5 Å². The monoisotopic (exact) mass is 302 g/mol. The molecule has 2 saturated carbocycles. The standard InChI is InChI=1S/C13H17F3N4O/c1-20-6(2-11(19-20)13(14,15)16)5-18-12(21)9-4-10(17)8-3-7(8)9/h2,7-10H,3-5,17H2,1H3,(H,18,21)/t7-,8+,9-,10+/m1/s1. The van der Waals surface area contributed by atoms with Gasteiger partial charge in [-0.1, -0.05) is 0 Å². The van der Waals surface area contributed by atoms with E-state index in [0.29, 0.717) is 24.0 Å². The summed E-state index contributed by atoms with van der Waals surface area (Å²) in [5.74, 6) is 0.595. The molecule has 5 nitrogen and oxygen atoms in total. The molecule has 116 valence electrons. The Morgan fingerprint density at radius 3 is 2.67 bits per heavy atom. The molecule has 0 unspecified atom stereocenters. The second-order valence-corrected chi connectivity index (χ2v) is 5.93. The van der Waals surface area contributed by atoms with Crippen LogP contribution in [-0.2, 0) is 24.6 Å². The first-order valence-electron chi connectivity index (χ1n) is 6.90. The lowest BCUT2D eigenvalue weighted by Crippen LogP contribution is -2.32. The SMILES string of the molecule is Cn1nc(C(F)(F)F)cc1CNC(=O)[C@@H]1C[C@H](N)[C@H]2C[C@H]21. The first-order chi connectivity index (χ1) is 9.77. The van der Waals surface area contributed by atoms with Crippen LogP contribution in [0.2, 0.25) is 0 Å². The van der Waals surface area contributed by atoms with Crippen molar-refractivity contribution in [1.29, 1.82) is 0 Å². The van der Waals surface area contributed by atoms with Crippen molar-refractivity contribution >= 4 is 5.91 Å². The Labute approximate surface area is 119 Å². The molecule has 0 saturated heterocycles. The van der Waals surface area contributed by atoms with Crippen molar-refractivity contribution in [3.63, 3.8) is 0 Å². The Kier molecular flexibility index (Phi) is 3.23. The van der Waals surface area contributed by atoms with Crippen LogP contribution in [-0.4, -0.2) is 21.7 Å². The Hall–Kier alpha value is -1.57. The van der Waals surface area contributed by atoms with E-state index in [1.54, 1.807) is 0 Å². The van der Waals surface area contributed by atoms with Crippen molar-refractivity contribution in [3.05, 3.63) is 17.5 Å². The van der Waals surface area contributed by atoms with Gasteiger partial charge < -0.3 is 11.1 Å². The second kappa shape index (κ2) is 4.72. The van der Waals surface area contributed by atoms with Crippen LogP contribution in [0.5, 0.6) is 0 Å². The zero-order valence-corrected chi connectivity index (χ0v) is 11.5. The number of rotatable bonds is 3. The van der Waals surface area contributed by atoms with Gasteiger partial charge >= 0.3 is 6.18 Å². The van der Waals surface area contributed by atoms with E-state index in [9.17, 15) is 18.0 Å². The quantitative estimate of drug-likeness (QED) is 0.876. The highest BCUT2D eigenvalue weighted by Gasteiger charge is 2.55. The molecule has 1 aromatic rings. The van der Waals surface area contributed by atoms with Gasteiger partial charge in [-0.3, -0.25) is 9.48 Å². The Balaban J connectivity index is 1.60. The number of carbonyl (C=O) groups is 1. The molecule has 2 aliphatic carbocycles. The number of fused-ring (bicyclic) bond motifs is 1.